The highest BCUT2D eigenvalue weighted by molar-refractivity contribution is 5.67. The van der Waals surface area contributed by atoms with Gasteiger partial charge in [0, 0.05) is 13.0 Å². The van der Waals surface area contributed by atoms with Crippen LogP contribution >= 0.6 is 0 Å². The molecule has 0 spiro atoms. The van der Waals surface area contributed by atoms with E-state index >= 15 is 0 Å². The van der Waals surface area contributed by atoms with Gasteiger partial charge in [0.1, 0.15) is 5.75 Å². The van der Waals surface area contributed by atoms with Gasteiger partial charge >= 0.3 is 12.1 Å². The average molecular weight is 295 g/mol. The number of aromatic hydroxyl groups is 1. The standard InChI is InChI=1S/C15H21NO5/c1-10(2)21-15(20)16-8-7-12-9-13(17)5-3-11(12)4-6-14(18)19/h3,5,9-10,17H,4,6-8H2,1-2H3,(H,16,20)(H,18,19). The van der Waals surface area contributed by atoms with Crippen LogP contribution in [0.25, 0.3) is 0 Å². The van der Waals surface area contributed by atoms with Gasteiger partial charge in [0.2, 0.25) is 0 Å². The fraction of sp³-hybridized carbons (Fsp3) is 0.467. The Balaban J connectivity index is 2.58. The van der Waals surface area contributed by atoms with Gasteiger partial charge in [-0.2, -0.15) is 0 Å². The van der Waals surface area contributed by atoms with E-state index < -0.39 is 12.1 Å². The molecule has 0 saturated carbocycles. The first-order valence-corrected chi connectivity index (χ1v) is 6.85. The zero-order valence-corrected chi connectivity index (χ0v) is 12.3. The highest BCUT2D eigenvalue weighted by atomic mass is 16.6. The third-order valence-electron chi connectivity index (χ3n) is 2.80. The van der Waals surface area contributed by atoms with E-state index in [9.17, 15) is 14.7 Å². The van der Waals surface area contributed by atoms with E-state index in [2.05, 4.69) is 5.32 Å². The van der Waals surface area contributed by atoms with Gasteiger partial charge < -0.3 is 20.3 Å². The first-order valence-electron chi connectivity index (χ1n) is 6.85. The van der Waals surface area contributed by atoms with Crippen LogP contribution in [-0.4, -0.2) is 34.9 Å². The fourth-order valence-electron chi connectivity index (χ4n) is 1.89. The summed E-state index contributed by atoms with van der Waals surface area (Å²) in [5, 5.41) is 20.9. The van der Waals surface area contributed by atoms with Crippen molar-refractivity contribution in [3.05, 3.63) is 29.3 Å². The largest absolute Gasteiger partial charge is 0.508 e. The van der Waals surface area contributed by atoms with E-state index in [-0.39, 0.29) is 18.3 Å². The van der Waals surface area contributed by atoms with Crippen molar-refractivity contribution in [2.45, 2.75) is 39.2 Å². The number of aliphatic carboxylic acids is 1. The molecule has 3 N–H and O–H groups in total. The summed E-state index contributed by atoms with van der Waals surface area (Å²) in [6.45, 7) is 3.88. The van der Waals surface area contributed by atoms with Crippen LogP contribution in [0.15, 0.2) is 18.2 Å². The van der Waals surface area contributed by atoms with E-state index in [0.29, 0.717) is 19.4 Å². The number of amides is 1. The van der Waals surface area contributed by atoms with Crippen molar-refractivity contribution in [2.24, 2.45) is 0 Å². The van der Waals surface area contributed by atoms with Crippen molar-refractivity contribution in [1.29, 1.82) is 0 Å². The minimum absolute atomic E-state index is 0.0284. The number of hydrogen-bond donors (Lipinski definition) is 3. The molecular formula is C15H21NO5. The van der Waals surface area contributed by atoms with Crippen molar-refractivity contribution in [3.63, 3.8) is 0 Å². The first-order chi connectivity index (χ1) is 9.88. The third kappa shape index (κ3) is 6.65. The maximum absolute atomic E-state index is 11.4. The molecule has 0 radical (unpaired) electrons. The quantitative estimate of drug-likeness (QED) is 0.715. The number of carbonyl (C=O) groups is 2. The van der Waals surface area contributed by atoms with E-state index in [1.165, 1.54) is 6.07 Å². The first kappa shape index (κ1) is 16.8. The fourth-order valence-corrected chi connectivity index (χ4v) is 1.89. The zero-order chi connectivity index (χ0) is 15.8. The zero-order valence-electron chi connectivity index (χ0n) is 12.3. The lowest BCUT2D eigenvalue weighted by molar-refractivity contribution is -0.136. The lowest BCUT2D eigenvalue weighted by Gasteiger charge is -2.12. The minimum atomic E-state index is -0.868. The van der Waals surface area contributed by atoms with E-state index in [0.717, 1.165) is 11.1 Å². The summed E-state index contributed by atoms with van der Waals surface area (Å²) in [6.07, 6.45) is 0.243. The second-order valence-corrected chi connectivity index (χ2v) is 4.98. The number of carbonyl (C=O) groups excluding carboxylic acids is 1. The normalized spacial score (nSPS) is 10.4. The number of phenolic OH excluding ortho intramolecular Hbond substituents is 1. The van der Waals surface area contributed by atoms with Crippen LogP contribution in [0.2, 0.25) is 0 Å². The van der Waals surface area contributed by atoms with Crippen molar-refractivity contribution in [1.82, 2.24) is 5.32 Å². The molecule has 0 aliphatic heterocycles. The van der Waals surface area contributed by atoms with Crippen molar-refractivity contribution >= 4 is 12.1 Å². The van der Waals surface area contributed by atoms with Gasteiger partial charge in [-0.25, -0.2) is 4.79 Å². The number of ether oxygens (including phenoxy) is 1. The molecule has 1 rings (SSSR count). The Morgan fingerprint density at radius 3 is 2.57 bits per heavy atom. The third-order valence-corrected chi connectivity index (χ3v) is 2.80. The topological polar surface area (TPSA) is 95.9 Å². The van der Waals surface area contributed by atoms with E-state index in [1.54, 1.807) is 26.0 Å². The Morgan fingerprint density at radius 1 is 1.24 bits per heavy atom. The number of carboxylic acid groups (broad SMARTS) is 1. The molecule has 0 saturated heterocycles. The lowest BCUT2D eigenvalue weighted by Crippen LogP contribution is -2.28. The van der Waals surface area contributed by atoms with Gasteiger partial charge in [-0.3, -0.25) is 4.79 Å². The molecule has 0 heterocycles. The maximum Gasteiger partial charge on any atom is 0.407 e. The number of benzene rings is 1. The SMILES string of the molecule is CC(C)OC(=O)NCCc1cc(O)ccc1CCC(=O)O. The van der Waals surface area contributed by atoms with Crippen LogP contribution in [0.3, 0.4) is 0 Å². The van der Waals surface area contributed by atoms with Gasteiger partial charge in [-0.15, -0.1) is 0 Å². The minimum Gasteiger partial charge on any atom is -0.508 e. The number of nitrogens with one attached hydrogen (secondary N) is 1. The molecule has 6 heteroatoms. The Bertz CT molecular complexity index is 499. The molecule has 21 heavy (non-hydrogen) atoms. The van der Waals surface area contributed by atoms with Gasteiger partial charge in [0.25, 0.3) is 0 Å². The summed E-state index contributed by atoms with van der Waals surface area (Å²) in [4.78, 5) is 22.0. The molecule has 0 aromatic heterocycles. The van der Waals surface area contributed by atoms with Crippen LogP contribution in [0.1, 0.15) is 31.4 Å². The number of carboxylic acids is 1. The number of rotatable bonds is 7. The summed E-state index contributed by atoms with van der Waals surface area (Å²) >= 11 is 0. The van der Waals surface area contributed by atoms with Gasteiger partial charge in [-0.05, 0) is 49.9 Å². The molecule has 0 atom stereocenters. The smallest absolute Gasteiger partial charge is 0.407 e. The second-order valence-electron chi connectivity index (χ2n) is 4.98. The molecule has 0 bridgehead atoms. The highest BCUT2D eigenvalue weighted by Crippen LogP contribution is 2.18. The molecule has 116 valence electrons. The van der Waals surface area contributed by atoms with E-state index in [1.807, 2.05) is 0 Å². The summed E-state index contributed by atoms with van der Waals surface area (Å²) in [6, 6.07) is 4.83. The maximum atomic E-state index is 11.4. The van der Waals surface area contributed by atoms with Crippen LogP contribution in [0.4, 0.5) is 4.79 Å². The van der Waals surface area contributed by atoms with Gasteiger partial charge in [-0.1, -0.05) is 6.07 Å². The average Bonchev–Trinajstić information content (AvgIpc) is 2.36. The number of alkyl carbamates (subject to hydrolysis) is 1. The summed E-state index contributed by atoms with van der Waals surface area (Å²) in [7, 11) is 0. The molecule has 0 unspecified atom stereocenters. The lowest BCUT2D eigenvalue weighted by atomic mass is 10.00. The summed E-state index contributed by atoms with van der Waals surface area (Å²) < 4.78 is 4.94. The predicted molar refractivity (Wildman–Crippen MR) is 77.4 cm³/mol. The van der Waals surface area contributed by atoms with Gasteiger partial charge in [0.15, 0.2) is 0 Å². The van der Waals surface area contributed by atoms with Gasteiger partial charge in [0.05, 0.1) is 6.10 Å². The molecule has 1 amide bonds. The number of phenols is 1. The Kier molecular flexibility index (Phi) is 6.52. The van der Waals surface area contributed by atoms with Crippen LogP contribution in [0.5, 0.6) is 5.75 Å². The molecule has 1 aromatic carbocycles. The predicted octanol–water partition coefficient (Wildman–Crippen LogP) is 2.09. The molecule has 1 aromatic rings. The Labute approximate surface area is 123 Å². The van der Waals surface area contributed by atoms with Crippen LogP contribution < -0.4 is 5.32 Å². The molecule has 6 nitrogen and oxygen atoms in total. The van der Waals surface area contributed by atoms with Crippen molar-refractivity contribution in [2.75, 3.05) is 6.54 Å². The summed E-state index contributed by atoms with van der Waals surface area (Å²) in [5.74, 6) is -0.749. The molecule has 0 aliphatic rings. The Hall–Kier alpha value is -2.24. The van der Waals surface area contributed by atoms with Crippen molar-refractivity contribution < 1.29 is 24.5 Å². The molecule has 0 aliphatic carbocycles. The number of aryl methyl sites for hydroxylation is 1. The van der Waals surface area contributed by atoms with Crippen LogP contribution in [0, 0.1) is 0 Å². The summed E-state index contributed by atoms with van der Waals surface area (Å²) in [5.41, 5.74) is 1.68. The van der Waals surface area contributed by atoms with Crippen molar-refractivity contribution in [3.8, 4) is 5.75 Å². The van der Waals surface area contributed by atoms with E-state index in [4.69, 9.17) is 9.84 Å². The van der Waals surface area contributed by atoms with Crippen LogP contribution in [-0.2, 0) is 22.4 Å². The highest BCUT2D eigenvalue weighted by Gasteiger charge is 2.08. The monoisotopic (exact) mass is 295 g/mol. The second kappa shape index (κ2) is 8.14. The number of hydrogen-bond acceptors (Lipinski definition) is 4. The Morgan fingerprint density at radius 2 is 1.95 bits per heavy atom. The molecular weight excluding hydrogens is 274 g/mol. The molecule has 0 fully saturated rings.